The standard InChI is InChI=1S/C15H20BrNO/c1-2-11-5-3-8-14(9-11)17-15(18)12-6-4-7-13(16)10-12/h4,6-7,10-11,14H,2-3,5,8-9H2,1H3,(H,17,18). The van der Waals surface area contributed by atoms with Gasteiger partial charge in [0.05, 0.1) is 0 Å². The summed E-state index contributed by atoms with van der Waals surface area (Å²) < 4.78 is 0.949. The molecular weight excluding hydrogens is 290 g/mol. The Morgan fingerprint density at radius 1 is 1.44 bits per heavy atom. The summed E-state index contributed by atoms with van der Waals surface area (Å²) in [7, 11) is 0. The van der Waals surface area contributed by atoms with Crippen LogP contribution in [0.15, 0.2) is 28.7 Å². The van der Waals surface area contributed by atoms with Crippen molar-refractivity contribution in [3.8, 4) is 0 Å². The van der Waals surface area contributed by atoms with Crippen LogP contribution < -0.4 is 5.32 Å². The van der Waals surface area contributed by atoms with Gasteiger partial charge in [-0.1, -0.05) is 48.2 Å². The second-order valence-corrected chi connectivity index (χ2v) is 6.04. The Morgan fingerprint density at radius 3 is 3.00 bits per heavy atom. The molecule has 2 unspecified atom stereocenters. The Morgan fingerprint density at radius 2 is 2.28 bits per heavy atom. The van der Waals surface area contributed by atoms with Gasteiger partial charge in [0.2, 0.25) is 0 Å². The van der Waals surface area contributed by atoms with Gasteiger partial charge >= 0.3 is 0 Å². The van der Waals surface area contributed by atoms with Gasteiger partial charge < -0.3 is 5.32 Å². The molecule has 2 atom stereocenters. The molecule has 0 heterocycles. The van der Waals surface area contributed by atoms with Crippen LogP contribution in [0.3, 0.4) is 0 Å². The highest BCUT2D eigenvalue weighted by atomic mass is 79.9. The fourth-order valence-corrected chi connectivity index (χ4v) is 3.09. The molecule has 1 aromatic carbocycles. The van der Waals surface area contributed by atoms with Crippen LogP contribution in [-0.2, 0) is 0 Å². The fourth-order valence-electron chi connectivity index (χ4n) is 2.69. The molecule has 3 heteroatoms. The third-order valence-electron chi connectivity index (χ3n) is 3.78. The highest BCUT2D eigenvalue weighted by Crippen LogP contribution is 2.26. The number of carbonyl (C=O) groups excluding carboxylic acids is 1. The summed E-state index contributed by atoms with van der Waals surface area (Å²) in [6.07, 6.45) is 6.04. The minimum absolute atomic E-state index is 0.0538. The maximum absolute atomic E-state index is 12.1. The SMILES string of the molecule is CCC1CCCC(NC(=O)c2cccc(Br)c2)C1. The topological polar surface area (TPSA) is 29.1 Å². The molecule has 1 fully saturated rings. The van der Waals surface area contributed by atoms with E-state index in [0.717, 1.165) is 28.8 Å². The van der Waals surface area contributed by atoms with E-state index < -0.39 is 0 Å². The molecule has 2 rings (SSSR count). The molecule has 0 aromatic heterocycles. The van der Waals surface area contributed by atoms with Crippen LogP contribution >= 0.6 is 15.9 Å². The molecule has 1 saturated carbocycles. The molecule has 1 aliphatic rings. The minimum Gasteiger partial charge on any atom is -0.349 e. The van der Waals surface area contributed by atoms with Crippen LogP contribution in [0.2, 0.25) is 0 Å². The van der Waals surface area contributed by atoms with Gasteiger partial charge in [-0.25, -0.2) is 0 Å². The number of amides is 1. The molecule has 1 aliphatic carbocycles. The molecule has 1 amide bonds. The summed E-state index contributed by atoms with van der Waals surface area (Å²) in [5.74, 6) is 0.838. The Labute approximate surface area is 117 Å². The highest BCUT2D eigenvalue weighted by molar-refractivity contribution is 9.10. The highest BCUT2D eigenvalue weighted by Gasteiger charge is 2.22. The van der Waals surface area contributed by atoms with Crippen LogP contribution in [0.5, 0.6) is 0 Å². The molecule has 0 saturated heterocycles. The predicted molar refractivity (Wildman–Crippen MR) is 77.6 cm³/mol. The average molecular weight is 310 g/mol. The predicted octanol–water partition coefficient (Wildman–Crippen LogP) is 4.15. The first-order valence-corrected chi connectivity index (χ1v) is 7.54. The molecular formula is C15H20BrNO. The van der Waals surface area contributed by atoms with E-state index in [1.54, 1.807) is 0 Å². The summed E-state index contributed by atoms with van der Waals surface area (Å²) >= 11 is 3.40. The van der Waals surface area contributed by atoms with Crippen LogP contribution in [0, 0.1) is 5.92 Å². The molecule has 0 aliphatic heterocycles. The number of benzene rings is 1. The summed E-state index contributed by atoms with van der Waals surface area (Å²) in [5.41, 5.74) is 0.739. The Hall–Kier alpha value is -0.830. The zero-order chi connectivity index (χ0) is 13.0. The third kappa shape index (κ3) is 3.58. The molecule has 0 bridgehead atoms. The van der Waals surface area contributed by atoms with Gasteiger partial charge in [0.25, 0.3) is 5.91 Å². The summed E-state index contributed by atoms with van der Waals surface area (Å²) in [6, 6.07) is 7.92. The Balaban J connectivity index is 1.95. The van der Waals surface area contributed by atoms with Gasteiger partial charge in [0, 0.05) is 16.1 Å². The number of hydrogen-bond donors (Lipinski definition) is 1. The van der Waals surface area contributed by atoms with Crippen molar-refractivity contribution in [1.82, 2.24) is 5.32 Å². The van der Waals surface area contributed by atoms with Crippen LogP contribution in [0.1, 0.15) is 49.4 Å². The van der Waals surface area contributed by atoms with Gasteiger partial charge in [0.1, 0.15) is 0 Å². The molecule has 1 N–H and O–H groups in total. The normalized spacial score (nSPS) is 23.7. The van der Waals surface area contributed by atoms with E-state index in [4.69, 9.17) is 0 Å². The fraction of sp³-hybridized carbons (Fsp3) is 0.533. The molecule has 2 nitrogen and oxygen atoms in total. The number of halogens is 1. The number of hydrogen-bond acceptors (Lipinski definition) is 1. The van der Waals surface area contributed by atoms with Crippen LogP contribution in [-0.4, -0.2) is 11.9 Å². The van der Waals surface area contributed by atoms with E-state index in [1.165, 1.54) is 19.3 Å². The van der Waals surface area contributed by atoms with Crippen molar-refractivity contribution in [2.45, 2.75) is 45.1 Å². The van der Waals surface area contributed by atoms with Crippen molar-refractivity contribution < 1.29 is 4.79 Å². The van der Waals surface area contributed by atoms with Crippen LogP contribution in [0.25, 0.3) is 0 Å². The molecule has 0 radical (unpaired) electrons. The van der Waals surface area contributed by atoms with Gasteiger partial charge in [-0.15, -0.1) is 0 Å². The number of rotatable bonds is 3. The van der Waals surface area contributed by atoms with E-state index in [0.29, 0.717) is 6.04 Å². The van der Waals surface area contributed by atoms with E-state index in [-0.39, 0.29) is 5.91 Å². The maximum Gasteiger partial charge on any atom is 0.251 e. The molecule has 98 valence electrons. The second kappa shape index (κ2) is 6.37. The monoisotopic (exact) mass is 309 g/mol. The third-order valence-corrected chi connectivity index (χ3v) is 4.28. The van der Waals surface area contributed by atoms with Crippen molar-refractivity contribution in [3.63, 3.8) is 0 Å². The summed E-state index contributed by atoms with van der Waals surface area (Å²) in [5, 5.41) is 3.17. The number of carbonyl (C=O) groups is 1. The van der Waals surface area contributed by atoms with Crippen molar-refractivity contribution in [3.05, 3.63) is 34.3 Å². The van der Waals surface area contributed by atoms with Crippen molar-refractivity contribution >= 4 is 21.8 Å². The largest absolute Gasteiger partial charge is 0.349 e. The van der Waals surface area contributed by atoms with E-state index in [1.807, 2.05) is 24.3 Å². The average Bonchev–Trinajstić information content (AvgIpc) is 2.39. The van der Waals surface area contributed by atoms with Gasteiger partial charge in [-0.3, -0.25) is 4.79 Å². The lowest BCUT2D eigenvalue weighted by atomic mass is 9.84. The second-order valence-electron chi connectivity index (χ2n) is 5.12. The van der Waals surface area contributed by atoms with E-state index in [9.17, 15) is 4.79 Å². The number of nitrogens with one attached hydrogen (secondary N) is 1. The minimum atomic E-state index is 0.0538. The summed E-state index contributed by atoms with van der Waals surface area (Å²) in [6.45, 7) is 2.24. The first-order valence-electron chi connectivity index (χ1n) is 6.75. The summed E-state index contributed by atoms with van der Waals surface area (Å²) in [4.78, 5) is 12.1. The smallest absolute Gasteiger partial charge is 0.251 e. The zero-order valence-corrected chi connectivity index (χ0v) is 12.4. The molecule has 1 aromatic rings. The van der Waals surface area contributed by atoms with E-state index >= 15 is 0 Å². The van der Waals surface area contributed by atoms with Crippen molar-refractivity contribution in [1.29, 1.82) is 0 Å². The Bertz CT molecular complexity index is 419. The van der Waals surface area contributed by atoms with Crippen LogP contribution in [0.4, 0.5) is 0 Å². The maximum atomic E-state index is 12.1. The lowest BCUT2D eigenvalue weighted by Gasteiger charge is -2.29. The first kappa shape index (κ1) is 13.6. The van der Waals surface area contributed by atoms with Gasteiger partial charge in [-0.2, -0.15) is 0 Å². The van der Waals surface area contributed by atoms with E-state index in [2.05, 4.69) is 28.2 Å². The lowest BCUT2D eigenvalue weighted by Crippen LogP contribution is -2.38. The zero-order valence-electron chi connectivity index (χ0n) is 10.8. The Kier molecular flexibility index (Phi) is 4.81. The van der Waals surface area contributed by atoms with Crippen molar-refractivity contribution in [2.75, 3.05) is 0 Å². The quantitative estimate of drug-likeness (QED) is 0.893. The van der Waals surface area contributed by atoms with Crippen molar-refractivity contribution in [2.24, 2.45) is 5.92 Å². The first-order chi connectivity index (χ1) is 8.69. The van der Waals surface area contributed by atoms with Gasteiger partial charge in [0.15, 0.2) is 0 Å². The molecule has 18 heavy (non-hydrogen) atoms. The lowest BCUT2D eigenvalue weighted by molar-refractivity contribution is 0.0919. The molecule has 0 spiro atoms. The van der Waals surface area contributed by atoms with Gasteiger partial charge in [-0.05, 0) is 37.0 Å².